The van der Waals surface area contributed by atoms with Crippen LogP contribution in [-0.2, 0) is 14.3 Å². The number of amides is 2. The summed E-state index contributed by atoms with van der Waals surface area (Å²) in [6.45, 7) is 4.72. The highest BCUT2D eigenvalue weighted by molar-refractivity contribution is 5.86. The van der Waals surface area contributed by atoms with Gasteiger partial charge in [0.25, 0.3) is 0 Å². The van der Waals surface area contributed by atoms with Crippen molar-refractivity contribution in [2.45, 2.75) is 39.2 Å². The van der Waals surface area contributed by atoms with Crippen LogP contribution >= 0.6 is 0 Å². The molecule has 1 rings (SSSR count). The second-order valence-corrected chi connectivity index (χ2v) is 5.52. The van der Waals surface area contributed by atoms with Gasteiger partial charge < -0.3 is 20.5 Å². The van der Waals surface area contributed by atoms with Crippen molar-refractivity contribution in [1.82, 2.24) is 10.6 Å². The normalized spacial score (nSPS) is 17.2. The maximum atomic E-state index is 11.7. The monoisotopic (exact) mass is 286 g/mol. The average Bonchev–Trinajstić information content (AvgIpc) is 3.16. The Kier molecular flexibility index (Phi) is 5.35. The quantitative estimate of drug-likeness (QED) is 0.599. The molecule has 1 saturated carbocycles. The highest BCUT2D eigenvalue weighted by Crippen LogP contribution is 2.51. The average molecular weight is 286 g/mol. The number of rotatable bonds is 7. The molecule has 2 amide bonds. The highest BCUT2D eigenvalue weighted by atomic mass is 16.5. The summed E-state index contributed by atoms with van der Waals surface area (Å²) in [7, 11) is 1.17. The molecule has 3 N–H and O–H groups in total. The van der Waals surface area contributed by atoms with E-state index in [0.29, 0.717) is 12.5 Å². The van der Waals surface area contributed by atoms with E-state index in [1.54, 1.807) is 0 Å². The molecule has 1 atom stereocenters. The van der Waals surface area contributed by atoms with Gasteiger partial charge in [-0.05, 0) is 24.2 Å². The fourth-order valence-corrected chi connectivity index (χ4v) is 2.03. The molecule has 1 aliphatic carbocycles. The van der Waals surface area contributed by atoms with Crippen LogP contribution in [0.15, 0.2) is 0 Å². The number of hydrogen-bond donors (Lipinski definition) is 3. The molecule has 0 heterocycles. The molecule has 114 valence electrons. The zero-order valence-electron chi connectivity index (χ0n) is 12.1. The molecule has 0 radical (unpaired) electrons. The molecule has 0 aromatic rings. The van der Waals surface area contributed by atoms with Crippen molar-refractivity contribution in [3.05, 3.63) is 0 Å². The number of hydrogen-bond acceptors (Lipinski definition) is 4. The molecule has 0 spiro atoms. The summed E-state index contributed by atoms with van der Waals surface area (Å²) >= 11 is 0. The van der Waals surface area contributed by atoms with E-state index in [9.17, 15) is 14.4 Å². The predicted octanol–water partition coefficient (Wildman–Crippen LogP) is 0.738. The Morgan fingerprint density at radius 3 is 2.30 bits per heavy atom. The molecule has 0 aromatic heterocycles. The van der Waals surface area contributed by atoms with Gasteiger partial charge in [-0.3, -0.25) is 4.79 Å². The lowest BCUT2D eigenvalue weighted by Crippen LogP contribution is -2.48. The van der Waals surface area contributed by atoms with Crippen LogP contribution in [0.2, 0.25) is 0 Å². The van der Waals surface area contributed by atoms with Crippen molar-refractivity contribution in [3.63, 3.8) is 0 Å². The Hall–Kier alpha value is -1.79. The van der Waals surface area contributed by atoms with Gasteiger partial charge in [-0.1, -0.05) is 13.8 Å². The van der Waals surface area contributed by atoms with Crippen LogP contribution in [0.25, 0.3) is 0 Å². The molecule has 0 aromatic carbocycles. The summed E-state index contributed by atoms with van der Waals surface area (Å²) < 4.78 is 4.39. The highest BCUT2D eigenvalue weighted by Gasteiger charge is 2.45. The summed E-state index contributed by atoms with van der Waals surface area (Å²) in [5.74, 6) is -1.48. The molecular weight excluding hydrogens is 264 g/mol. The summed E-state index contributed by atoms with van der Waals surface area (Å²) in [6, 6.07) is -1.86. The van der Waals surface area contributed by atoms with Crippen molar-refractivity contribution in [2.24, 2.45) is 11.3 Å². The molecule has 7 heteroatoms. The topological polar surface area (TPSA) is 105 Å². The lowest BCUT2D eigenvalue weighted by molar-refractivity contribution is -0.147. The Labute approximate surface area is 118 Å². The number of aliphatic carboxylic acids is 1. The molecule has 0 bridgehead atoms. The number of nitrogens with one attached hydrogen (secondary N) is 2. The molecule has 0 aliphatic heterocycles. The standard InChI is InChI=1S/C13H22N2O5/c1-8(2)13(4-5-13)7-14-12(19)15-9(11(17)18)6-10(16)20-3/h8-9H,4-7H2,1-3H3,(H,17,18)(H2,14,15,19)/t9-/m0/s1. The zero-order chi connectivity index (χ0) is 15.3. The van der Waals surface area contributed by atoms with Gasteiger partial charge in [0.15, 0.2) is 0 Å². The molecule has 1 aliphatic rings. The van der Waals surface area contributed by atoms with Gasteiger partial charge in [-0.2, -0.15) is 0 Å². The van der Waals surface area contributed by atoms with Crippen molar-refractivity contribution < 1.29 is 24.2 Å². The minimum Gasteiger partial charge on any atom is -0.480 e. The predicted molar refractivity (Wildman–Crippen MR) is 71.1 cm³/mol. The Morgan fingerprint density at radius 1 is 1.30 bits per heavy atom. The number of ether oxygens (including phenoxy) is 1. The third-order valence-electron chi connectivity index (χ3n) is 3.92. The minimum absolute atomic E-state index is 0.137. The van der Waals surface area contributed by atoms with Gasteiger partial charge in [0, 0.05) is 6.54 Å². The van der Waals surface area contributed by atoms with Gasteiger partial charge in [0.1, 0.15) is 6.04 Å². The first kappa shape index (κ1) is 16.3. The fraction of sp³-hybridized carbons (Fsp3) is 0.769. The summed E-state index contributed by atoms with van der Waals surface area (Å²) in [5.41, 5.74) is 0.137. The van der Waals surface area contributed by atoms with Gasteiger partial charge in [0.05, 0.1) is 13.5 Å². The van der Waals surface area contributed by atoms with E-state index in [1.807, 2.05) is 0 Å². The first-order valence-electron chi connectivity index (χ1n) is 6.65. The first-order chi connectivity index (χ1) is 9.30. The third-order valence-corrected chi connectivity index (χ3v) is 3.92. The van der Waals surface area contributed by atoms with Crippen molar-refractivity contribution in [1.29, 1.82) is 0 Å². The fourth-order valence-electron chi connectivity index (χ4n) is 2.03. The van der Waals surface area contributed by atoms with E-state index in [4.69, 9.17) is 5.11 Å². The lowest BCUT2D eigenvalue weighted by Gasteiger charge is -2.21. The SMILES string of the molecule is COC(=O)C[C@H](NC(=O)NCC1(C(C)C)CC1)C(=O)O. The van der Waals surface area contributed by atoms with E-state index in [0.717, 1.165) is 12.8 Å². The number of carboxylic acid groups (broad SMARTS) is 1. The lowest BCUT2D eigenvalue weighted by atomic mass is 9.92. The van der Waals surface area contributed by atoms with E-state index < -0.39 is 30.4 Å². The number of methoxy groups -OCH3 is 1. The van der Waals surface area contributed by atoms with E-state index in [2.05, 4.69) is 29.2 Å². The molecule has 7 nitrogen and oxygen atoms in total. The summed E-state index contributed by atoms with van der Waals surface area (Å²) in [5, 5.41) is 13.9. The molecule has 0 unspecified atom stereocenters. The number of carboxylic acids is 1. The second kappa shape index (κ2) is 6.58. The Balaban J connectivity index is 2.42. The molecule has 1 fully saturated rings. The smallest absolute Gasteiger partial charge is 0.326 e. The van der Waals surface area contributed by atoms with Crippen LogP contribution in [0.4, 0.5) is 4.79 Å². The maximum absolute atomic E-state index is 11.7. The van der Waals surface area contributed by atoms with Crippen LogP contribution in [0.1, 0.15) is 33.1 Å². The number of carbonyl (C=O) groups is 3. The molecular formula is C13H22N2O5. The summed E-state index contributed by atoms with van der Waals surface area (Å²) in [4.78, 5) is 33.7. The van der Waals surface area contributed by atoms with E-state index in [1.165, 1.54) is 7.11 Å². The minimum atomic E-state index is -1.28. The van der Waals surface area contributed by atoms with Gasteiger partial charge >= 0.3 is 18.0 Å². The van der Waals surface area contributed by atoms with Crippen molar-refractivity contribution in [2.75, 3.05) is 13.7 Å². The number of esters is 1. The third kappa shape index (κ3) is 4.40. The van der Waals surface area contributed by atoms with E-state index >= 15 is 0 Å². The van der Waals surface area contributed by atoms with Crippen LogP contribution in [0.5, 0.6) is 0 Å². The summed E-state index contributed by atoms with van der Waals surface area (Å²) in [6.07, 6.45) is 1.74. The number of urea groups is 1. The van der Waals surface area contributed by atoms with Crippen molar-refractivity contribution >= 4 is 18.0 Å². The Morgan fingerprint density at radius 2 is 1.90 bits per heavy atom. The van der Waals surface area contributed by atoms with E-state index in [-0.39, 0.29) is 5.41 Å². The van der Waals surface area contributed by atoms with Crippen LogP contribution < -0.4 is 10.6 Å². The molecule has 0 saturated heterocycles. The Bertz CT molecular complexity index is 390. The van der Waals surface area contributed by atoms with Gasteiger partial charge in [-0.15, -0.1) is 0 Å². The first-order valence-corrected chi connectivity index (χ1v) is 6.65. The van der Waals surface area contributed by atoms with Gasteiger partial charge in [-0.25, -0.2) is 9.59 Å². The van der Waals surface area contributed by atoms with Crippen LogP contribution in [0, 0.1) is 11.3 Å². The maximum Gasteiger partial charge on any atom is 0.326 e. The van der Waals surface area contributed by atoms with Gasteiger partial charge in [0.2, 0.25) is 0 Å². The zero-order valence-corrected chi connectivity index (χ0v) is 12.1. The van der Waals surface area contributed by atoms with Crippen LogP contribution in [0.3, 0.4) is 0 Å². The largest absolute Gasteiger partial charge is 0.480 e. The molecule has 20 heavy (non-hydrogen) atoms. The second-order valence-electron chi connectivity index (χ2n) is 5.52. The number of carbonyl (C=O) groups excluding carboxylic acids is 2. The van der Waals surface area contributed by atoms with Crippen LogP contribution in [-0.4, -0.2) is 42.8 Å². The van der Waals surface area contributed by atoms with Crippen molar-refractivity contribution in [3.8, 4) is 0 Å².